The van der Waals surface area contributed by atoms with Crippen molar-refractivity contribution >= 4 is 12.0 Å². The largest absolute Gasteiger partial charge is 0.453 e. The quantitative estimate of drug-likeness (QED) is 0.704. The maximum atomic E-state index is 12.7. The van der Waals surface area contributed by atoms with Gasteiger partial charge in [-0.15, -0.1) is 0 Å². The van der Waals surface area contributed by atoms with Crippen molar-refractivity contribution in [1.82, 2.24) is 15.5 Å². The first-order valence-corrected chi connectivity index (χ1v) is 7.18. The van der Waals surface area contributed by atoms with Crippen LogP contribution in [-0.2, 0) is 9.53 Å². The maximum Gasteiger partial charge on any atom is 0.407 e. The Kier molecular flexibility index (Phi) is 8.96. The Balaban J connectivity index is 5.00. The predicted octanol–water partition coefficient (Wildman–Crippen LogP) is 1.21. The van der Waals surface area contributed by atoms with Crippen LogP contribution in [0.5, 0.6) is 0 Å². The number of alkyl carbamates (subject to hydrolysis) is 1. The molecule has 0 aliphatic carbocycles. The summed E-state index contributed by atoms with van der Waals surface area (Å²) >= 11 is 0. The van der Waals surface area contributed by atoms with Crippen LogP contribution in [0.4, 0.5) is 4.79 Å². The van der Waals surface area contributed by atoms with E-state index in [0.717, 1.165) is 13.0 Å². The standard InChI is InChI=1S/C14H29N3O3/c1-7-8-17(11(4)9-15-5)13(18)12(10(2)3)16-14(19)20-6/h10-12,15H,7-9H2,1-6H3,(H,16,19). The van der Waals surface area contributed by atoms with E-state index in [-0.39, 0.29) is 17.9 Å². The van der Waals surface area contributed by atoms with Crippen LogP contribution < -0.4 is 10.6 Å². The van der Waals surface area contributed by atoms with Gasteiger partial charge in [0.15, 0.2) is 0 Å². The summed E-state index contributed by atoms with van der Waals surface area (Å²) in [5.41, 5.74) is 0. The maximum absolute atomic E-state index is 12.7. The fraction of sp³-hybridized carbons (Fsp3) is 0.857. The number of carbonyl (C=O) groups is 2. The van der Waals surface area contributed by atoms with E-state index < -0.39 is 12.1 Å². The topological polar surface area (TPSA) is 70.7 Å². The first-order chi connectivity index (χ1) is 9.38. The number of likely N-dealkylation sites (N-methyl/N-ethyl adjacent to an activating group) is 1. The fourth-order valence-electron chi connectivity index (χ4n) is 2.07. The van der Waals surface area contributed by atoms with Gasteiger partial charge in [0, 0.05) is 19.1 Å². The molecular weight excluding hydrogens is 258 g/mol. The van der Waals surface area contributed by atoms with Gasteiger partial charge in [-0.2, -0.15) is 0 Å². The molecule has 0 aromatic carbocycles. The Morgan fingerprint density at radius 2 is 1.85 bits per heavy atom. The Bertz CT molecular complexity index is 308. The number of nitrogens with one attached hydrogen (secondary N) is 2. The van der Waals surface area contributed by atoms with Crippen LogP contribution in [0.1, 0.15) is 34.1 Å². The van der Waals surface area contributed by atoms with Gasteiger partial charge in [0.25, 0.3) is 0 Å². The SMILES string of the molecule is CCCN(C(=O)C(NC(=O)OC)C(C)C)C(C)CNC. The minimum Gasteiger partial charge on any atom is -0.453 e. The van der Waals surface area contributed by atoms with E-state index >= 15 is 0 Å². The number of nitrogens with zero attached hydrogens (tertiary/aromatic N) is 1. The summed E-state index contributed by atoms with van der Waals surface area (Å²) in [6, 6.07) is -0.485. The zero-order valence-corrected chi connectivity index (χ0v) is 13.5. The third-order valence-corrected chi connectivity index (χ3v) is 3.17. The number of carbonyl (C=O) groups excluding carboxylic acids is 2. The molecule has 0 saturated heterocycles. The molecule has 0 spiro atoms. The lowest BCUT2D eigenvalue weighted by atomic mass is 10.0. The predicted molar refractivity (Wildman–Crippen MR) is 79.6 cm³/mol. The van der Waals surface area contributed by atoms with Crippen molar-refractivity contribution in [3.8, 4) is 0 Å². The van der Waals surface area contributed by atoms with Crippen LogP contribution >= 0.6 is 0 Å². The molecular formula is C14H29N3O3. The number of hydrogen-bond donors (Lipinski definition) is 2. The number of amides is 2. The lowest BCUT2D eigenvalue weighted by Gasteiger charge is -2.33. The van der Waals surface area contributed by atoms with Crippen molar-refractivity contribution in [3.05, 3.63) is 0 Å². The molecule has 0 fully saturated rings. The van der Waals surface area contributed by atoms with Crippen molar-refractivity contribution in [3.63, 3.8) is 0 Å². The van der Waals surface area contributed by atoms with E-state index in [2.05, 4.69) is 15.4 Å². The minimum atomic E-state index is -0.574. The van der Waals surface area contributed by atoms with Crippen LogP contribution in [0.3, 0.4) is 0 Å². The second-order valence-electron chi connectivity index (χ2n) is 5.30. The minimum absolute atomic E-state index is 0.00254. The average Bonchev–Trinajstić information content (AvgIpc) is 2.40. The first-order valence-electron chi connectivity index (χ1n) is 7.18. The summed E-state index contributed by atoms with van der Waals surface area (Å²) in [6.45, 7) is 9.24. The Morgan fingerprint density at radius 3 is 2.25 bits per heavy atom. The molecule has 0 aromatic heterocycles. The van der Waals surface area contributed by atoms with Crippen LogP contribution in [0, 0.1) is 5.92 Å². The monoisotopic (exact) mass is 287 g/mol. The molecule has 118 valence electrons. The van der Waals surface area contributed by atoms with Crippen LogP contribution in [0.2, 0.25) is 0 Å². The summed E-state index contributed by atoms with van der Waals surface area (Å²) in [4.78, 5) is 25.9. The van der Waals surface area contributed by atoms with Crippen LogP contribution in [0.25, 0.3) is 0 Å². The molecule has 0 saturated carbocycles. The van der Waals surface area contributed by atoms with Gasteiger partial charge in [0.1, 0.15) is 6.04 Å². The highest BCUT2D eigenvalue weighted by atomic mass is 16.5. The van der Waals surface area contributed by atoms with Crippen molar-refractivity contribution in [2.75, 3.05) is 27.2 Å². The molecule has 2 atom stereocenters. The molecule has 0 bridgehead atoms. The highest BCUT2D eigenvalue weighted by molar-refractivity contribution is 5.86. The molecule has 0 rings (SSSR count). The number of methoxy groups -OCH3 is 1. The number of rotatable bonds is 8. The summed E-state index contributed by atoms with van der Waals surface area (Å²) in [5.74, 6) is -0.0576. The van der Waals surface area contributed by atoms with Gasteiger partial charge in [-0.05, 0) is 26.3 Å². The molecule has 0 aliphatic rings. The molecule has 2 amide bonds. The summed E-state index contributed by atoms with van der Waals surface area (Å²) in [7, 11) is 3.16. The van der Waals surface area contributed by atoms with E-state index in [0.29, 0.717) is 6.54 Å². The lowest BCUT2D eigenvalue weighted by molar-refractivity contribution is -0.136. The first kappa shape index (κ1) is 18.7. The normalized spacial score (nSPS) is 13.8. The number of hydrogen-bond acceptors (Lipinski definition) is 4. The second-order valence-corrected chi connectivity index (χ2v) is 5.30. The van der Waals surface area contributed by atoms with Gasteiger partial charge < -0.3 is 20.3 Å². The molecule has 0 aromatic rings. The average molecular weight is 287 g/mol. The van der Waals surface area contributed by atoms with Crippen molar-refractivity contribution in [2.45, 2.75) is 46.2 Å². The second kappa shape index (κ2) is 9.58. The third-order valence-electron chi connectivity index (χ3n) is 3.17. The highest BCUT2D eigenvalue weighted by Crippen LogP contribution is 2.10. The molecule has 20 heavy (non-hydrogen) atoms. The Hall–Kier alpha value is -1.30. The zero-order valence-electron chi connectivity index (χ0n) is 13.5. The highest BCUT2D eigenvalue weighted by Gasteiger charge is 2.30. The zero-order chi connectivity index (χ0) is 15.7. The van der Waals surface area contributed by atoms with Gasteiger partial charge in [0.05, 0.1) is 7.11 Å². The third kappa shape index (κ3) is 5.77. The van der Waals surface area contributed by atoms with Crippen LogP contribution in [0.15, 0.2) is 0 Å². The van der Waals surface area contributed by atoms with Crippen molar-refractivity contribution in [2.24, 2.45) is 5.92 Å². The van der Waals surface area contributed by atoms with E-state index in [1.54, 1.807) is 0 Å². The van der Waals surface area contributed by atoms with Gasteiger partial charge in [-0.25, -0.2) is 4.79 Å². The molecule has 6 heteroatoms. The van der Waals surface area contributed by atoms with E-state index in [4.69, 9.17) is 0 Å². The van der Waals surface area contributed by atoms with Gasteiger partial charge in [-0.3, -0.25) is 4.79 Å². The fourth-order valence-corrected chi connectivity index (χ4v) is 2.07. The summed E-state index contributed by atoms with van der Waals surface area (Å²) in [6.07, 6.45) is 0.304. The van der Waals surface area contributed by atoms with Crippen LogP contribution in [-0.4, -0.2) is 56.2 Å². The molecule has 0 heterocycles. The Morgan fingerprint density at radius 1 is 1.25 bits per heavy atom. The summed E-state index contributed by atoms with van der Waals surface area (Å²) in [5, 5.41) is 5.70. The van der Waals surface area contributed by atoms with Crippen molar-refractivity contribution in [1.29, 1.82) is 0 Å². The smallest absolute Gasteiger partial charge is 0.407 e. The lowest BCUT2D eigenvalue weighted by Crippen LogP contribution is -2.55. The molecule has 0 aliphatic heterocycles. The number of ether oxygens (including phenoxy) is 1. The van der Waals surface area contributed by atoms with E-state index in [9.17, 15) is 9.59 Å². The molecule has 2 N–H and O–H groups in total. The molecule has 6 nitrogen and oxygen atoms in total. The van der Waals surface area contributed by atoms with E-state index in [1.807, 2.05) is 39.6 Å². The summed E-state index contributed by atoms with van der Waals surface area (Å²) < 4.78 is 4.60. The van der Waals surface area contributed by atoms with E-state index in [1.165, 1.54) is 7.11 Å². The molecule has 0 radical (unpaired) electrons. The Labute approximate surface area is 122 Å². The molecule has 2 unspecified atom stereocenters. The van der Waals surface area contributed by atoms with Gasteiger partial charge in [-0.1, -0.05) is 20.8 Å². The van der Waals surface area contributed by atoms with Gasteiger partial charge >= 0.3 is 6.09 Å². The van der Waals surface area contributed by atoms with Crippen molar-refractivity contribution < 1.29 is 14.3 Å². The van der Waals surface area contributed by atoms with Gasteiger partial charge in [0.2, 0.25) is 5.91 Å².